The van der Waals surface area contributed by atoms with Crippen LogP contribution >= 0.6 is 34.4 Å². The highest BCUT2D eigenvalue weighted by Crippen LogP contribution is 2.32. The molecule has 0 aliphatic rings. The van der Waals surface area contributed by atoms with Crippen molar-refractivity contribution in [1.82, 2.24) is 20.2 Å². The van der Waals surface area contributed by atoms with E-state index in [2.05, 4.69) is 20.6 Å². The van der Waals surface area contributed by atoms with Crippen LogP contribution in [0.15, 0.2) is 39.3 Å². The third-order valence-corrected chi connectivity index (χ3v) is 6.57. The third-order valence-electron chi connectivity index (χ3n) is 3.72. The van der Waals surface area contributed by atoms with Crippen LogP contribution in [0.4, 0.5) is 0 Å². The van der Waals surface area contributed by atoms with Crippen molar-refractivity contribution in [1.29, 1.82) is 0 Å². The van der Waals surface area contributed by atoms with Crippen LogP contribution in [0.2, 0.25) is 0 Å². The van der Waals surface area contributed by atoms with Gasteiger partial charge in [0.1, 0.15) is 15.6 Å². The topological polar surface area (TPSA) is 73.9 Å². The number of ether oxygens (including phenoxy) is 1. The van der Waals surface area contributed by atoms with Gasteiger partial charge in [-0.1, -0.05) is 23.9 Å². The predicted octanol–water partition coefficient (Wildman–Crippen LogP) is 5.23. The Balaban J connectivity index is 1.44. The Kier molecular flexibility index (Phi) is 5.24. The lowest BCUT2D eigenvalue weighted by Crippen LogP contribution is -1.85. The van der Waals surface area contributed by atoms with Crippen molar-refractivity contribution < 1.29 is 9.15 Å². The summed E-state index contributed by atoms with van der Waals surface area (Å²) in [5.41, 5.74) is 2.94. The zero-order valence-electron chi connectivity index (χ0n) is 14.9. The van der Waals surface area contributed by atoms with E-state index in [9.17, 15) is 0 Å². The number of aromatic nitrogens is 4. The van der Waals surface area contributed by atoms with Crippen LogP contribution in [-0.4, -0.2) is 27.3 Å². The smallest absolute Gasteiger partial charge is 0.277 e. The second-order valence-corrected chi connectivity index (χ2v) is 8.67. The molecule has 0 spiro atoms. The minimum Gasteiger partial charge on any atom is -0.497 e. The summed E-state index contributed by atoms with van der Waals surface area (Å²) in [4.78, 5) is 10.0. The summed E-state index contributed by atoms with van der Waals surface area (Å²) >= 11 is 4.65. The standard InChI is InChI=1S/C18H16N4O2S3/c1-10-15(27-11(2)19-10)16-21-22-18(24-16)26-9-13-8-25-17(20-13)12-5-4-6-14(7-12)23-3/h4-8H,9H2,1-3H3. The van der Waals surface area contributed by atoms with Crippen molar-refractivity contribution in [3.63, 3.8) is 0 Å². The summed E-state index contributed by atoms with van der Waals surface area (Å²) in [6.07, 6.45) is 0. The number of nitrogens with zero attached hydrogens (tertiary/aromatic N) is 4. The van der Waals surface area contributed by atoms with Gasteiger partial charge in [0.15, 0.2) is 0 Å². The number of aryl methyl sites for hydroxylation is 2. The Hall–Kier alpha value is -2.23. The van der Waals surface area contributed by atoms with E-state index in [1.165, 1.54) is 11.8 Å². The maximum absolute atomic E-state index is 5.78. The molecule has 4 aromatic rings. The molecule has 3 heterocycles. The van der Waals surface area contributed by atoms with E-state index >= 15 is 0 Å². The normalized spacial score (nSPS) is 11.1. The van der Waals surface area contributed by atoms with Gasteiger partial charge in [-0.3, -0.25) is 0 Å². The third kappa shape index (κ3) is 4.05. The molecule has 138 valence electrons. The van der Waals surface area contributed by atoms with E-state index < -0.39 is 0 Å². The van der Waals surface area contributed by atoms with Crippen LogP contribution in [0.25, 0.3) is 21.3 Å². The summed E-state index contributed by atoms with van der Waals surface area (Å²) in [5, 5.41) is 12.8. The number of hydrogen-bond acceptors (Lipinski definition) is 9. The van der Waals surface area contributed by atoms with Gasteiger partial charge in [-0.2, -0.15) is 0 Å². The molecule has 9 heteroatoms. The maximum atomic E-state index is 5.78. The molecule has 0 saturated heterocycles. The zero-order chi connectivity index (χ0) is 18.8. The fraction of sp³-hybridized carbons (Fsp3) is 0.222. The van der Waals surface area contributed by atoms with Crippen molar-refractivity contribution in [3.05, 3.63) is 46.0 Å². The molecule has 0 N–H and O–H groups in total. The Bertz CT molecular complexity index is 1070. The van der Waals surface area contributed by atoms with Gasteiger partial charge in [0, 0.05) is 16.7 Å². The predicted molar refractivity (Wildman–Crippen MR) is 109 cm³/mol. The summed E-state index contributed by atoms with van der Waals surface area (Å²) in [7, 11) is 1.66. The minimum absolute atomic E-state index is 0.524. The Morgan fingerprint density at radius 3 is 2.85 bits per heavy atom. The lowest BCUT2D eigenvalue weighted by atomic mass is 10.2. The molecule has 1 aromatic carbocycles. The number of hydrogen-bond donors (Lipinski definition) is 0. The fourth-order valence-electron chi connectivity index (χ4n) is 2.49. The first-order valence-corrected chi connectivity index (χ1v) is 10.8. The Morgan fingerprint density at radius 2 is 2.07 bits per heavy atom. The highest BCUT2D eigenvalue weighted by Gasteiger charge is 2.15. The largest absolute Gasteiger partial charge is 0.497 e. The molecule has 0 aliphatic carbocycles. The zero-order valence-corrected chi connectivity index (χ0v) is 17.4. The average molecular weight is 417 g/mol. The minimum atomic E-state index is 0.524. The quantitative estimate of drug-likeness (QED) is 0.398. The van der Waals surface area contributed by atoms with Gasteiger partial charge in [0.25, 0.3) is 11.1 Å². The maximum Gasteiger partial charge on any atom is 0.277 e. The van der Waals surface area contributed by atoms with Crippen molar-refractivity contribution >= 4 is 34.4 Å². The Labute approximate surface area is 168 Å². The lowest BCUT2D eigenvalue weighted by molar-refractivity contribution is 0.415. The second kappa shape index (κ2) is 7.79. The molecule has 4 rings (SSSR count). The molecule has 0 aliphatic heterocycles. The molecule has 0 unspecified atom stereocenters. The molecule has 27 heavy (non-hydrogen) atoms. The molecule has 0 atom stereocenters. The van der Waals surface area contributed by atoms with E-state index in [1.807, 2.05) is 38.1 Å². The number of benzene rings is 1. The van der Waals surface area contributed by atoms with Gasteiger partial charge in [0.05, 0.1) is 23.5 Å². The first kappa shape index (κ1) is 18.1. The van der Waals surface area contributed by atoms with Crippen molar-refractivity contribution in [2.24, 2.45) is 0 Å². The van der Waals surface area contributed by atoms with Crippen LogP contribution in [0, 0.1) is 13.8 Å². The van der Waals surface area contributed by atoms with Gasteiger partial charge >= 0.3 is 0 Å². The average Bonchev–Trinajstić information content (AvgIpc) is 3.40. The lowest BCUT2D eigenvalue weighted by Gasteiger charge is -2.01. The van der Waals surface area contributed by atoms with Gasteiger partial charge in [-0.25, -0.2) is 9.97 Å². The molecule has 6 nitrogen and oxygen atoms in total. The van der Waals surface area contributed by atoms with E-state index in [1.54, 1.807) is 29.8 Å². The van der Waals surface area contributed by atoms with Crippen LogP contribution < -0.4 is 4.74 Å². The molecule has 0 amide bonds. The number of thiazole rings is 2. The second-order valence-electron chi connectivity index (χ2n) is 5.69. The van der Waals surface area contributed by atoms with Gasteiger partial charge in [0.2, 0.25) is 0 Å². The van der Waals surface area contributed by atoms with E-state index in [4.69, 9.17) is 14.1 Å². The van der Waals surface area contributed by atoms with Crippen molar-refractivity contribution in [2.45, 2.75) is 24.8 Å². The van der Waals surface area contributed by atoms with E-state index in [0.717, 1.165) is 37.6 Å². The van der Waals surface area contributed by atoms with E-state index in [0.29, 0.717) is 16.9 Å². The van der Waals surface area contributed by atoms with Gasteiger partial charge in [-0.05, 0) is 26.0 Å². The molecule has 0 fully saturated rings. The SMILES string of the molecule is COc1cccc(-c2nc(CSc3nnc(-c4sc(C)nc4C)o3)cs2)c1. The number of methoxy groups -OCH3 is 1. The van der Waals surface area contributed by atoms with E-state index in [-0.39, 0.29) is 0 Å². The van der Waals surface area contributed by atoms with Gasteiger partial charge in [-0.15, -0.1) is 32.9 Å². The molecule has 0 saturated carbocycles. The summed E-state index contributed by atoms with van der Waals surface area (Å²) in [6.45, 7) is 3.92. The molecular formula is C18H16N4O2S3. The number of rotatable bonds is 6. The van der Waals surface area contributed by atoms with Crippen molar-refractivity contribution in [2.75, 3.05) is 7.11 Å². The van der Waals surface area contributed by atoms with Crippen LogP contribution in [0.5, 0.6) is 5.75 Å². The molecule has 3 aromatic heterocycles. The highest BCUT2D eigenvalue weighted by atomic mass is 32.2. The number of thioether (sulfide) groups is 1. The summed E-state index contributed by atoms with van der Waals surface area (Å²) in [5.74, 6) is 2.02. The van der Waals surface area contributed by atoms with Crippen molar-refractivity contribution in [3.8, 4) is 27.1 Å². The highest BCUT2D eigenvalue weighted by molar-refractivity contribution is 7.98. The van der Waals surface area contributed by atoms with Crippen LogP contribution in [0.3, 0.4) is 0 Å². The molecule has 0 bridgehead atoms. The summed E-state index contributed by atoms with van der Waals surface area (Å²) < 4.78 is 11.1. The molecular weight excluding hydrogens is 400 g/mol. The first-order valence-electron chi connectivity index (χ1n) is 8.12. The monoisotopic (exact) mass is 416 g/mol. The Morgan fingerprint density at radius 1 is 1.19 bits per heavy atom. The first-order chi connectivity index (χ1) is 13.1. The van der Waals surface area contributed by atoms with Gasteiger partial charge < -0.3 is 9.15 Å². The van der Waals surface area contributed by atoms with Crippen LogP contribution in [0.1, 0.15) is 16.4 Å². The fourth-order valence-corrected chi connectivity index (χ4v) is 4.91. The summed E-state index contributed by atoms with van der Waals surface area (Å²) in [6, 6.07) is 7.90. The van der Waals surface area contributed by atoms with Crippen LogP contribution in [-0.2, 0) is 5.75 Å². The molecule has 0 radical (unpaired) electrons.